The van der Waals surface area contributed by atoms with Crippen LogP contribution in [0.3, 0.4) is 0 Å². The van der Waals surface area contributed by atoms with Gasteiger partial charge in [0.2, 0.25) is 0 Å². The predicted octanol–water partition coefficient (Wildman–Crippen LogP) is 23.1. The molecule has 0 bridgehead atoms. The van der Waals surface area contributed by atoms with E-state index in [-0.39, 0.29) is 25.2 Å². The van der Waals surface area contributed by atoms with Gasteiger partial charge in [0.05, 0.1) is 6.61 Å². The van der Waals surface area contributed by atoms with Gasteiger partial charge in [-0.25, -0.2) is 0 Å². The average molecular weight is 1060 g/mol. The summed E-state index contributed by atoms with van der Waals surface area (Å²) in [6.45, 7) is 4.07. The van der Waals surface area contributed by atoms with Gasteiger partial charge in [-0.05, 0) is 83.5 Å². The van der Waals surface area contributed by atoms with Crippen molar-refractivity contribution in [1.29, 1.82) is 0 Å². The first-order chi connectivity index (χ1) is 37.6. The minimum atomic E-state index is -0.773. The molecule has 0 rings (SSSR count). The Balaban J connectivity index is 3.42. The number of allylic oxidation sites excluding steroid dienone is 12. The van der Waals surface area contributed by atoms with E-state index in [9.17, 15) is 14.7 Å². The average Bonchev–Trinajstić information content (AvgIpc) is 3.42. The van der Waals surface area contributed by atoms with E-state index in [0.29, 0.717) is 12.8 Å². The van der Waals surface area contributed by atoms with Gasteiger partial charge in [-0.2, -0.15) is 0 Å². The molecule has 0 aromatic heterocycles. The van der Waals surface area contributed by atoms with Gasteiger partial charge in [0.1, 0.15) is 6.61 Å². The third-order valence-corrected chi connectivity index (χ3v) is 15.0. The molecule has 0 aliphatic carbocycles. The van der Waals surface area contributed by atoms with Crippen LogP contribution >= 0.6 is 0 Å². The van der Waals surface area contributed by atoms with E-state index in [0.717, 1.165) is 70.6 Å². The molecule has 0 aromatic carbocycles. The van der Waals surface area contributed by atoms with Crippen LogP contribution in [-0.4, -0.2) is 36.4 Å². The van der Waals surface area contributed by atoms with Gasteiger partial charge in [0.25, 0.3) is 0 Å². The highest BCUT2D eigenvalue weighted by Crippen LogP contribution is 2.18. The van der Waals surface area contributed by atoms with Crippen LogP contribution in [-0.2, 0) is 19.1 Å². The quantitative estimate of drug-likeness (QED) is 0.0373. The molecule has 442 valence electrons. The molecular formula is C71H128O5. The number of aliphatic hydroxyl groups is 1. The second-order valence-corrected chi connectivity index (χ2v) is 22.5. The van der Waals surface area contributed by atoms with Crippen molar-refractivity contribution in [2.45, 2.75) is 354 Å². The van der Waals surface area contributed by atoms with E-state index < -0.39 is 6.10 Å². The second kappa shape index (κ2) is 66.6. The molecule has 0 saturated carbocycles. The van der Waals surface area contributed by atoms with E-state index in [1.54, 1.807) is 0 Å². The molecule has 1 atom stereocenters. The summed E-state index contributed by atoms with van der Waals surface area (Å²) in [4.78, 5) is 24.6. The Morgan fingerprint density at radius 3 is 0.868 bits per heavy atom. The Kier molecular flexibility index (Phi) is 64.3. The lowest BCUT2D eigenvalue weighted by atomic mass is 10.0. The zero-order valence-corrected chi connectivity index (χ0v) is 50.8. The number of rotatable bonds is 62. The van der Waals surface area contributed by atoms with Gasteiger partial charge < -0.3 is 14.6 Å². The molecule has 0 radical (unpaired) electrons. The van der Waals surface area contributed by atoms with Crippen molar-refractivity contribution in [1.82, 2.24) is 0 Å². The summed E-state index contributed by atoms with van der Waals surface area (Å²) >= 11 is 0. The summed E-state index contributed by atoms with van der Waals surface area (Å²) in [6.07, 6.45) is 92.1. The lowest BCUT2D eigenvalue weighted by Crippen LogP contribution is -2.28. The van der Waals surface area contributed by atoms with Crippen molar-refractivity contribution in [2.75, 3.05) is 13.2 Å². The Morgan fingerprint density at radius 2 is 0.566 bits per heavy atom. The van der Waals surface area contributed by atoms with Crippen LogP contribution in [0.4, 0.5) is 0 Å². The van der Waals surface area contributed by atoms with E-state index in [1.807, 2.05) is 0 Å². The highest BCUT2D eigenvalue weighted by atomic mass is 16.6. The van der Waals surface area contributed by atoms with Gasteiger partial charge in [0, 0.05) is 12.8 Å². The van der Waals surface area contributed by atoms with E-state index in [1.165, 1.54) is 250 Å². The minimum absolute atomic E-state index is 0.0624. The molecule has 0 spiro atoms. The van der Waals surface area contributed by atoms with Crippen LogP contribution in [0, 0.1) is 0 Å². The Morgan fingerprint density at radius 1 is 0.316 bits per heavy atom. The molecule has 1 N–H and O–H groups in total. The van der Waals surface area contributed by atoms with Crippen molar-refractivity contribution < 1.29 is 24.2 Å². The first kappa shape index (κ1) is 73.3. The van der Waals surface area contributed by atoms with Gasteiger partial charge in [-0.1, -0.05) is 324 Å². The molecule has 0 aliphatic heterocycles. The number of hydrogen-bond donors (Lipinski definition) is 1. The fraction of sp³-hybridized carbons (Fsp3) is 0.803. The SMILES string of the molecule is CC/C=C\C/C=C\C/C=C\C/C=C\C/C=C\CCCCCCCCCCCCCCCCCCCCCC(=O)OC(CO)COC(=O)CCCCCCCCCCCCCCCCC/C=C\CCCCCCCCCC. The van der Waals surface area contributed by atoms with Crippen molar-refractivity contribution in [2.24, 2.45) is 0 Å². The molecule has 0 heterocycles. The lowest BCUT2D eigenvalue weighted by Gasteiger charge is -2.15. The maximum absolute atomic E-state index is 12.4. The zero-order chi connectivity index (χ0) is 54.8. The highest BCUT2D eigenvalue weighted by molar-refractivity contribution is 5.70. The second-order valence-electron chi connectivity index (χ2n) is 22.5. The van der Waals surface area contributed by atoms with Crippen LogP contribution in [0.1, 0.15) is 348 Å². The number of carbonyl (C=O) groups is 2. The monoisotopic (exact) mass is 1060 g/mol. The molecule has 76 heavy (non-hydrogen) atoms. The maximum atomic E-state index is 12.4. The minimum Gasteiger partial charge on any atom is -0.462 e. The van der Waals surface area contributed by atoms with Crippen molar-refractivity contribution in [3.8, 4) is 0 Å². The summed E-state index contributed by atoms with van der Waals surface area (Å²) in [5.74, 6) is -0.573. The van der Waals surface area contributed by atoms with Gasteiger partial charge >= 0.3 is 11.9 Å². The normalized spacial score (nSPS) is 12.6. The van der Waals surface area contributed by atoms with Crippen LogP contribution in [0.15, 0.2) is 72.9 Å². The first-order valence-corrected chi connectivity index (χ1v) is 33.5. The number of aliphatic hydroxyl groups excluding tert-OH is 1. The van der Waals surface area contributed by atoms with Crippen LogP contribution < -0.4 is 0 Å². The molecule has 0 amide bonds. The fourth-order valence-electron chi connectivity index (χ4n) is 9.99. The summed E-state index contributed by atoms with van der Waals surface area (Å²) in [6, 6.07) is 0. The molecule has 0 fully saturated rings. The largest absolute Gasteiger partial charge is 0.462 e. The zero-order valence-electron chi connectivity index (χ0n) is 50.8. The molecule has 1 unspecified atom stereocenters. The van der Waals surface area contributed by atoms with Crippen molar-refractivity contribution in [3.05, 3.63) is 72.9 Å². The van der Waals surface area contributed by atoms with Gasteiger partial charge in [0.15, 0.2) is 6.10 Å². The number of carbonyl (C=O) groups excluding carboxylic acids is 2. The number of esters is 2. The van der Waals surface area contributed by atoms with Crippen molar-refractivity contribution in [3.63, 3.8) is 0 Å². The third-order valence-electron chi connectivity index (χ3n) is 15.0. The highest BCUT2D eigenvalue weighted by Gasteiger charge is 2.16. The van der Waals surface area contributed by atoms with E-state index in [2.05, 4.69) is 86.8 Å². The first-order valence-electron chi connectivity index (χ1n) is 33.5. The molecule has 0 aliphatic rings. The molecule has 0 aromatic rings. The summed E-state index contributed by atoms with van der Waals surface area (Å²) in [5.41, 5.74) is 0. The molecule has 5 nitrogen and oxygen atoms in total. The van der Waals surface area contributed by atoms with Crippen LogP contribution in [0.25, 0.3) is 0 Å². The van der Waals surface area contributed by atoms with E-state index in [4.69, 9.17) is 9.47 Å². The Hall–Kier alpha value is -2.66. The number of hydrogen-bond acceptors (Lipinski definition) is 5. The summed E-state index contributed by atoms with van der Waals surface area (Å²) in [5, 5.41) is 9.69. The lowest BCUT2D eigenvalue weighted by molar-refractivity contribution is -0.161. The van der Waals surface area contributed by atoms with Crippen LogP contribution in [0.5, 0.6) is 0 Å². The molecule has 5 heteroatoms. The molecular weight excluding hydrogens is 933 g/mol. The fourth-order valence-corrected chi connectivity index (χ4v) is 9.99. The third kappa shape index (κ3) is 63.9. The topological polar surface area (TPSA) is 72.8 Å². The van der Waals surface area contributed by atoms with Gasteiger partial charge in [-0.3, -0.25) is 9.59 Å². The standard InChI is InChI=1S/C71H128O5/c1-3-5-7-9-11-13-15-17-19-21-23-25-27-29-31-32-33-34-35-36-37-38-40-42-44-46-48-50-52-54-56-58-60-62-64-66-71(74)76-69(67-72)68-75-70(73)65-63-61-59-57-55-53-51-49-47-45-43-41-39-30-28-26-24-22-20-18-16-14-12-10-8-6-4-2/h5,7,11,13,17,19,22-25,29,31,69,72H,3-4,6,8-10,12,14-16,18,20-21,26-28,30,32-68H2,1-2H3/b7-5-,13-11-,19-17-,24-22-,25-23-,31-29-. The van der Waals surface area contributed by atoms with Gasteiger partial charge in [-0.15, -0.1) is 0 Å². The smallest absolute Gasteiger partial charge is 0.306 e. The van der Waals surface area contributed by atoms with Crippen molar-refractivity contribution >= 4 is 11.9 Å². The number of unbranched alkanes of at least 4 members (excludes halogenated alkanes) is 42. The Bertz CT molecular complexity index is 1340. The van der Waals surface area contributed by atoms with Crippen LogP contribution in [0.2, 0.25) is 0 Å². The summed E-state index contributed by atoms with van der Waals surface area (Å²) < 4.78 is 10.8. The summed E-state index contributed by atoms with van der Waals surface area (Å²) in [7, 11) is 0. The predicted molar refractivity (Wildman–Crippen MR) is 334 cm³/mol. The number of ether oxygens (including phenoxy) is 2. The molecule has 0 saturated heterocycles. The Labute approximate surface area is 473 Å². The van der Waals surface area contributed by atoms with E-state index >= 15 is 0 Å². The maximum Gasteiger partial charge on any atom is 0.306 e.